The summed E-state index contributed by atoms with van der Waals surface area (Å²) in [5.41, 5.74) is 0. The minimum absolute atomic E-state index is 0.761. The smallest absolute Gasteiger partial charge is 0.106 e. The Hall–Kier alpha value is 0.177. The Morgan fingerprint density at radius 1 is 0.769 bits per heavy atom. The maximum atomic E-state index is 6.06. The monoisotopic (exact) mass is 201 g/mol. The van der Waals surface area contributed by atoms with Crippen LogP contribution in [-0.4, -0.2) is 8.96 Å². The van der Waals surface area contributed by atoms with Crippen LogP contribution in [0.2, 0.25) is 12.1 Å². The van der Waals surface area contributed by atoms with Crippen LogP contribution in [0.25, 0.3) is 0 Å². The van der Waals surface area contributed by atoms with E-state index in [0.29, 0.717) is 0 Å². The zero-order valence-corrected chi connectivity index (χ0v) is 10.7. The predicted octanol–water partition coefficient (Wildman–Crippen LogP) is 3.44. The van der Waals surface area contributed by atoms with E-state index in [1.165, 1.54) is 57.0 Å². The van der Waals surface area contributed by atoms with E-state index in [1.54, 1.807) is 0 Å². The normalized spacial score (nSPS) is 13.2. The van der Waals surface area contributed by atoms with Gasteiger partial charge in [-0.2, -0.15) is 0 Å². The summed E-state index contributed by atoms with van der Waals surface area (Å²) < 4.78 is 0. The molecule has 0 spiro atoms. The highest BCUT2D eigenvalue weighted by Gasteiger charge is 2.01. The molecule has 0 aromatic rings. The molecule has 0 aromatic heterocycles. The summed E-state index contributed by atoms with van der Waals surface area (Å²) in [5, 5.41) is 6.06. The Kier molecular flexibility index (Phi) is 10.4. The maximum absolute atomic E-state index is 6.06. The average Bonchev–Trinajstić information content (AvgIpc) is 2.11. The molecule has 0 fully saturated rings. The number of hydrogen-bond donors (Lipinski definition) is 1. The molecule has 0 rings (SSSR count). The van der Waals surface area contributed by atoms with E-state index in [4.69, 9.17) is 5.40 Å². The molecule has 0 saturated heterocycles. The van der Waals surface area contributed by atoms with Crippen LogP contribution in [0.1, 0.15) is 58.8 Å². The van der Waals surface area contributed by atoms with Crippen LogP contribution in [0.5, 0.6) is 0 Å². The third kappa shape index (κ3) is 10.1. The van der Waals surface area contributed by atoms with Crippen LogP contribution in [0.4, 0.5) is 0 Å². The molecular weight excluding hydrogens is 174 g/mol. The molecule has 0 bridgehead atoms. The maximum Gasteiger partial charge on any atom is 0.106 e. The van der Waals surface area contributed by atoms with Gasteiger partial charge in [0.2, 0.25) is 0 Å². The molecule has 1 atom stereocenters. The molecule has 80 valence electrons. The summed E-state index contributed by atoms with van der Waals surface area (Å²) in [7, 11) is -0.761. The van der Waals surface area contributed by atoms with Crippen molar-refractivity contribution >= 4 is 8.96 Å². The number of hydrogen-bond acceptors (Lipinski definition) is 1. The van der Waals surface area contributed by atoms with Gasteiger partial charge < -0.3 is 5.40 Å². The summed E-state index contributed by atoms with van der Waals surface area (Å²) in [6, 6.07) is 2.72. The fourth-order valence-corrected chi connectivity index (χ4v) is 3.55. The molecule has 0 heterocycles. The SMILES string of the molecule is CCCCCCCC[SiH](N)CCC. The number of unbranched alkanes of at least 4 members (excludes halogenated alkanes) is 5. The van der Waals surface area contributed by atoms with Gasteiger partial charge in [0, 0.05) is 0 Å². The first-order valence-corrected chi connectivity index (χ1v) is 8.36. The Morgan fingerprint density at radius 2 is 1.38 bits per heavy atom. The van der Waals surface area contributed by atoms with Crippen LogP contribution in [0.3, 0.4) is 0 Å². The van der Waals surface area contributed by atoms with Crippen LogP contribution >= 0.6 is 0 Å². The van der Waals surface area contributed by atoms with Gasteiger partial charge in [-0.15, -0.1) is 0 Å². The van der Waals surface area contributed by atoms with Crippen molar-refractivity contribution in [3.8, 4) is 0 Å². The molecule has 0 amide bonds. The van der Waals surface area contributed by atoms with E-state index < -0.39 is 8.96 Å². The Bertz CT molecular complexity index is 96.1. The molecular formula is C11H27NSi. The van der Waals surface area contributed by atoms with Gasteiger partial charge in [0.1, 0.15) is 8.96 Å². The largest absolute Gasteiger partial charge is 0.353 e. The van der Waals surface area contributed by atoms with Gasteiger partial charge in [-0.3, -0.25) is 0 Å². The molecule has 0 aliphatic rings. The lowest BCUT2D eigenvalue weighted by Crippen LogP contribution is -2.24. The van der Waals surface area contributed by atoms with Gasteiger partial charge in [-0.05, 0) is 12.1 Å². The van der Waals surface area contributed by atoms with Gasteiger partial charge in [0.15, 0.2) is 0 Å². The Morgan fingerprint density at radius 3 is 2.00 bits per heavy atom. The summed E-state index contributed by atoms with van der Waals surface area (Å²) in [6.45, 7) is 4.51. The van der Waals surface area contributed by atoms with Crippen LogP contribution in [0.15, 0.2) is 0 Å². The molecule has 13 heavy (non-hydrogen) atoms. The fourth-order valence-electron chi connectivity index (χ4n) is 1.70. The minimum Gasteiger partial charge on any atom is -0.353 e. The van der Waals surface area contributed by atoms with E-state index in [9.17, 15) is 0 Å². The Balaban J connectivity index is 2.97. The number of nitrogens with two attached hydrogens (primary N) is 1. The second kappa shape index (κ2) is 10.3. The van der Waals surface area contributed by atoms with Gasteiger partial charge in [-0.25, -0.2) is 0 Å². The first-order chi connectivity index (χ1) is 6.31. The summed E-state index contributed by atoms with van der Waals surface area (Å²) >= 11 is 0. The van der Waals surface area contributed by atoms with Gasteiger partial charge in [0.05, 0.1) is 0 Å². The van der Waals surface area contributed by atoms with Crippen molar-refractivity contribution in [2.75, 3.05) is 0 Å². The van der Waals surface area contributed by atoms with Gasteiger partial charge in [-0.1, -0.05) is 58.8 Å². The quantitative estimate of drug-likeness (QED) is 0.449. The van der Waals surface area contributed by atoms with Crippen molar-refractivity contribution in [3.63, 3.8) is 0 Å². The van der Waals surface area contributed by atoms with Crippen molar-refractivity contribution in [2.45, 2.75) is 70.9 Å². The highest BCUT2D eigenvalue weighted by atomic mass is 28.3. The van der Waals surface area contributed by atoms with E-state index in [-0.39, 0.29) is 0 Å². The lowest BCUT2D eigenvalue weighted by Gasteiger charge is -2.07. The molecule has 0 aromatic carbocycles. The topological polar surface area (TPSA) is 26.0 Å². The Labute approximate surface area is 85.8 Å². The van der Waals surface area contributed by atoms with Crippen molar-refractivity contribution in [2.24, 2.45) is 5.40 Å². The second-order valence-electron chi connectivity index (χ2n) is 4.11. The second-order valence-corrected chi connectivity index (χ2v) is 6.78. The zero-order chi connectivity index (χ0) is 9.94. The van der Waals surface area contributed by atoms with E-state index in [0.717, 1.165) is 0 Å². The summed E-state index contributed by atoms with van der Waals surface area (Å²) in [6.07, 6.45) is 9.75. The lowest BCUT2D eigenvalue weighted by atomic mass is 10.1. The van der Waals surface area contributed by atoms with Crippen LogP contribution in [-0.2, 0) is 0 Å². The predicted molar refractivity (Wildman–Crippen MR) is 64.6 cm³/mol. The zero-order valence-electron chi connectivity index (χ0n) is 9.52. The molecule has 0 radical (unpaired) electrons. The van der Waals surface area contributed by atoms with E-state index >= 15 is 0 Å². The first kappa shape index (κ1) is 13.2. The van der Waals surface area contributed by atoms with Crippen LogP contribution < -0.4 is 5.40 Å². The molecule has 0 saturated carbocycles. The molecule has 2 heteroatoms. The average molecular weight is 201 g/mol. The molecule has 2 N–H and O–H groups in total. The van der Waals surface area contributed by atoms with Gasteiger partial charge in [0.25, 0.3) is 0 Å². The fraction of sp³-hybridized carbons (Fsp3) is 1.00. The first-order valence-electron chi connectivity index (χ1n) is 6.06. The standard InChI is InChI=1S/C11H27NSi/c1-3-5-6-7-8-9-11-13(12)10-4-2/h13H,3-12H2,1-2H3. The van der Waals surface area contributed by atoms with Crippen LogP contribution in [0, 0.1) is 0 Å². The summed E-state index contributed by atoms with van der Waals surface area (Å²) in [5.74, 6) is 0. The highest BCUT2D eigenvalue weighted by molar-refractivity contribution is 6.55. The molecule has 0 aliphatic heterocycles. The third-order valence-electron chi connectivity index (χ3n) is 2.59. The van der Waals surface area contributed by atoms with E-state index in [1.807, 2.05) is 0 Å². The molecule has 1 nitrogen and oxygen atoms in total. The van der Waals surface area contributed by atoms with Gasteiger partial charge >= 0.3 is 0 Å². The molecule has 0 aliphatic carbocycles. The number of rotatable bonds is 9. The summed E-state index contributed by atoms with van der Waals surface area (Å²) in [4.78, 5) is 0. The van der Waals surface area contributed by atoms with Crippen molar-refractivity contribution < 1.29 is 0 Å². The van der Waals surface area contributed by atoms with E-state index in [2.05, 4.69) is 13.8 Å². The lowest BCUT2D eigenvalue weighted by molar-refractivity contribution is 0.622. The third-order valence-corrected chi connectivity index (χ3v) is 5.06. The highest BCUT2D eigenvalue weighted by Crippen LogP contribution is 2.09. The van der Waals surface area contributed by atoms with Crippen molar-refractivity contribution in [1.29, 1.82) is 0 Å². The molecule has 1 unspecified atom stereocenters. The van der Waals surface area contributed by atoms with Crippen molar-refractivity contribution in [1.82, 2.24) is 0 Å². The minimum atomic E-state index is -0.761. The van der Waals surface area contributed by atoms with Crippen molar-refractivity contribution in [3.05, 3.63) is 0 Å².